The van der Waals surface area contributed by atoms with Crippen LogP contribution in [-0.2, 0) is 9.59 Å². The number of amides is 2. The summed E-state index contributed by atoms with van der Waals surface area (Å²) in [7, 11) is 0. The van der Waals surface area contributed by atoms with Gasteiger partial charge in [0.1, 0.15) is 0 Å². The Morgan fingerprint density at radius 1 is 1.15 bits per heavy atom. The van der Waals surface area contributed by atoms with Crippen LogP contribution in [0.2, 0.25) is 0 Å². The van der Waals surface area contributed by atoms with Gasteiger partial charge < -0.3 is 10.2 Å². The lowest BCUT2D eigenvalue weighted by Crippen LogP contribution is -2.56. The number of carbonyl (C=O) groups excluding carboxylic acids is 2. The van der Waals surface area contributed by atoms with E-state index in [1.807, 2.05) is 0 Å². The summed E-state index contributed by atoms with van der Waals surface area (Å²) < 4.78 is 0. The normalized spacial score (nSPS) is 37.7. The molecule has 1 N–H and O–H groups in total. The first-order valence-electron chi connectivity index (χ1n) is 10.2. The summed E-state index contributed by atoms with van der Waals surface area (Å²) in [5.41, 5.74) is 2.81. The van der Waals surface area contributed by atoms with E-state index in [2.05, 4.69) is 48.3 Å². The molecule has 2 aliphatic carbocycles. The van der Waals surface area contributed by atoms with Crippen molar-refractivity contribution >= 4 is 11.8 Å². The Labute approximate surface area is 155 Å². The second-order valence-electron chi connectivity index (χ2n) is 9.35. The highest BCUT2D eigenvalue weighted by Crippen LogP contribution is 2.59. The molecule has 2 saturated carbocycles. The number of carbonyl (C=O) groups is 2. The van der Waals surface area contributed by atoms with Crippen LogP contribution in [0.1, 0.15) is 62.5 Å². The largest absolute Gasteiger partial charge is 0.351 e. The molecule has 1 spiro atoms. The molecule has 1 aromatic rings. The van der Waals surface area contributed by atoms with E-state index in [9.17, 15) is 9.59 Å². The molecule has 2 heterocycles. The summed E-state index contributed by atoms with van der Waals surface area (Å²) in [6, 6.07) is 9.12. The number of nitrogens with zero attached hydrogens (tertiary/aromatic N) is 1. The third-order valence-corrected chi connectivity index (χ3v) is 7.35. The Balaban J connectivity index is 1.16. The number of hydrogen-bond donors (Lipinski definition) is 1. The Hall–Kier alpha value is -1.84. The second-order valence-corrected chi connectivity index (χ2v) is 9.35. The maximum absolute atomic E-state index is 12.8. The van der Waals surface area contributed by atoms with Crippen molar-refractivity contribution in [2.75, 3.05) is 13.1 Å². The molecular weight excluding hydrogens is 324 g/mol. The predicted octanol–water partition coefficient (Wildman–Crippen LogP) is 3.04. The predicted molar refractivity (Wildman–Crippen MR) is 99.7 cm³/mol. The quantitative estimate of drug-likeness (QED) is 0.909. The average molecular weight is 352 g/mol. The van der Waals surface area contributed by atoms with Gasteiger partial charge >= 0.3 is 0 Å². The molecule has 4 nitrogen and oxygen atoms in total. The van der Waals surface area contributed by atoms with Gasteiger partial charge in [0.2, 0.25) is 11.8 Å². The molecule has 2 aliphatic heterocycles. The van der Waals surface area contributed by atoms with E-state index in [0.29, 0.717) is 36.0 Å². The summed E-state index contributed by atoms with van der Waals surface area (Å²) in [5, 5.41) is 3.09. The average Bonchev–Trinajstić information content (AvgIpc) is 2.94. The highest BCUT2D eigenvalue weighted by atomic mass is 16.2. The van der Waals surface area contributed by atoms with Gasteiger partial charge in [-0.2, -0.15) is 0 Å². The van der Waals surface area contributed by atoms with Crippen LogP contribution in [0.4, 0.5) is 0 Å². The first-order chi connectivity index (χ1) is 12.5. The Morgan fingerprint density at radius 3 is 2.35 bits per heavy atom. The standard InChI is InChI=1S/C22H28N2O2/c1-13(2)14-3-5-15(6-4-14)20-17-11-24(12-18(17)20)21(26)16-9-22(10-16)8-7-19(25)23-22/h3-6,13,16-18,20H,7-12H2,1-2H3,(H,23,25)/t16-,17-,18+,20+,22+. The molecule has 2 saturated heterocycles. The smallest absolute Gasteiger partial charge is 0.225 e. The first kappa shape index (κ1) is 16.3. The summed E-state index contributed by atoms with van der Waals surface area (Å²) in [4.78, 5) is 26.3. The van der Waals surface area contributed by atoms with Gasteiger partial charge in [-0.3, -0.25) is 9.59 Å². The van der Waals surface area contributed by atoms with Crippen LogP contribution in [0.15, 0.2) is 24.3 Å². The van der Waals surface area contributed by atoms with E-state index < -0.39 is 0 Å². The maximum atomic E-state index is 12.8. The molecule has 4 fully saturated rings. The van der Waals surface area contributed by atoms with Crippen LogP contribution in [0.5, 0.6) is 0 Å². The van der Waals surface area contributed by atoms with Crippen LogP contribution in [0, 0.1) is 17.8 Å². The second kappa shape index (κ2) is 5.58. The van der Waals surface area contributed by atoms with Crippen molar-refractivity contribution < 1.29 is 9.59 Å². The Bertz CT molecular complexity index is 736. The van der Waals surface area contributed by atoms with Gasteiger partial charge in [0.05, 0.1) is 0 Å². The first-order valence-corrected chi connectivity index (χ1v) is 10.2. The highest BCUT2D eigenvalue weighted by molar-refractivity contribution is 5.84. The van der Waals surface area contributed by atoms with Crippen molar-refractivity contribution in [3.8, 4) is 0 Å². The molecule has 3 atom stereocenters. The minimum atomic E-state index is -0.0409. The third-order valence-electron chi connectivity index (χ3n) is 7.35. The van der Waals surface area contributed by atoms with E-state index >= 15 is 0 Å². The van der Waals surface area contributed by atoms with Gasteiger partial charge in [-0.05, 0) is 54.1 Å². The topological polar surface area (TPSA) is 49.4 Å². The highest BCUT2D eigenvalue weighted by Gasteiger charge is 2.59. The number of likely N-dealkylation sites (tertiary alicyclic amines) is 1. The molecule has 4 aliphatic rings. The van der Waals surface area contributed by atoms with Crippen molar-refractivity contribution in [3.63, 3.8) is 0 Å². The van der Waals surface area contributed by atoms with Gasteiger partial charge in [0.25, 0.3) is 0 Å². The molecule has 26 heavy (non-hydrogen) atoms. The van der Waals surface area contributed by atoms with Gasteiger partial charge in [0.15, 0.2) is 0 Å². The van der Waals surface area contributed by atoms with Crippen molar-refractivity contribution in [2.24, 2.45) is 17.8 Å². The molecule has 5 rings (SSSR count). The fourth-order valence-electron chi connectivity index (χ4n) is 5.70. The van der Waals surface area contributed by atoms with Gasteiger partial charge in [-0.15, -0.1) is 0 Å². The third kappa shape index (κ3) is 2.49. The monoisotopic (exact) mass is 352 g/mol. The molecule has 0 aromatic heterocycles. The van der Waals surface area contributed by atoms with Gasteiger partial charge in [-0.25, -0.2) is 0 Å². The Morgan fingerprint density at radius 2 is 1.81 bits per heavy atom. The zero-order valence-corrected chi connectivity index (χ0v) is 15.7. The van der Waals surface area contributed by atoms with Crippen LogP contribution >= 0.6 is 0 Å². The lowest BCUT2D eigenvalue weighted by Gasteiger charge is -2.45. The van der Waals surface area contributed by atoms with E-state index in [4.69, 9.17) is 0 Å². The molecule has 2 amide bonds. The summed E-state index contributed by atoms with van der Waals surface area (Å²) in [6.07, 6.45) is 3.24. The minimum absolute atomic E-state index is 0.0409. The van der Waals surface area contributed by atoms with Crippen LogP contribution in [0.3, 0.4) is 0 Å². The molecule has 4 heteroatoms. The summed E-state index contributed by atoms with van der Waals surface area (Å²) in [5.74, 6) is 3.17. The Kier molecular flexibility index (Phi) is 3.51. The number of rotatable bonds is 3. The molecule has 138 valence electrons. The minimum Gasteiger partial charge on any atom is -0.351 e. The fourth-order valence-corrected chi connectivity index (χ4v) is 5.70. The number of piperidine rings is 1. The number of benzene rings is 1. The van der Waals surface area contributed by atoms with Crippen molar-refractivity contribution in [1.29, 1.82) is 0 Å². The fraction of sp³-hybridized carbons (Fsp3) is 0.636. The maximum Gasteiger partial charge on any atom is 0.225 e. The van der Waals surface area contributed by atoms with E-state index in [-0.39, 0.29) is 17.4 Å². The molecular formula is C22H28N2O2. The van der Waals surface area contributed by atoms with E-state index in [1.165, 1.54) is 11.1 Å². The lowest BCUT2D eigenvalue weighted by atomic mass is 9.67. The molecule has 0 bridgehead atoms. The van der Waals surface area contributed by atoms with E-state index in [1.54, 1.807) is 0 Å². The SMILES string of the molecule is CC(C)c1ccc([C@H]2[C@@H]3CN(C(=O)[C@H]4C[C@]5(CCC(=O)N5)C4)C[C@@H]32)cc1. The van der Waals surface area contributed by atoms with Crippen LogP contribution in [-0.4, -0.2) is 35.3 Å². The van der Waals surface area contributed by atoms with Crippen molar-refractivity contribution in [3.05, 3.63) is 35.4 Å². The van der Waals surface area contributed by atoms with Gasteiger partial charge in [-0.1, -0.05) is 38.1 Å². The zero-order chi connectivity index (χ0) is 18.1. The van der Waals surface area contributed by atoms with Crippen LogP contribution in [0.25, 0.3) is 0 Å². The number of nitrogens with one attached hydrogen (secondary N) is 1. The van der Waals surface area contributed by atoms with E-state index in [0.717, 1.165) is 32.4 Å². The van der Waals surface area contributed by atoms with Crippen molar-refractivity contribution in [1.82, 2.24) is 10.2 Å². The summed E-state index contributed by atoms with van der Waals surface area (Å²) >= 11 is 0. The number of hydrogen-bond acceptors (Lipinski definition) is 2. The molecule has 1 aromatic carbocycles. The molecule has 0 unspecified atom stereocenters. The lowest BCUT2D eigenvalue weighted by molar-refractivity contribution is -0.141. The summed E-state index contributed by atoms with van der Waals surface area (Å²) in [6.45, 7) is 6.31. The zero-order valence-electron chi connectivity index (χ0n) is 15.7. The molecule has 0 radical (unpaired) electrons. The van der Waals surface area contributed by atoms with Crippen LogP contribution < -0.4 is 5.32 Å². The number of fused-ring (bicyclic) bond motifs is 1. The van der Waals surface area contributed by atoms with Gasteiger partial charge in [0, 0.05) is 31.0 Å². The van der Waals surface area contributed by atoms with Crippen molar-refractivity contribution in [2.45, 2.75) is 56.9 Å².